The number of para-hydroxylation sites is 1. The largest absolute Gasteiger partial charge is 0.508 e. The summed E-state index contributed by atoms with van der Waals surface area (Å²) in [7, 11) is 0. The molecule has 0 radical (unpaired) electrons. The molecule has 106 valence electrons. The van der Waals surface area contributed by atoms with E-state index in [0.717, 1.165) is 11.1 Å². The van der Waals surface area contributed by atoms with Crippen molar-refractivity contribution in [2.45, 2.75) is 0 Å². The highest BCUT2D eigenvalue weighted by molar-refractivity contribution is 5.69. The maximum Gasteiger partial charge on any atom is 0.123 e. The van der Waals surface area contributed by atoms with Gasteiger partial charge in [-0.1, -0.05) is 48.5 Å². The normalized spacial score (nSPS) is 9.52. The van der Waals surface area contributed by atoms with E-state index in [4.69, 9.17) is 10.2 Å². The van der Waals surface area contributed by atoms with Crippen LogP contribution in [0, 0.1) is 0 Å². The second-order valence-corrected chi connectivity index (χ2v) is 4.40. The van der Waals surface area contributed by atoms with Crippen LogP contribution in [0.5, 0.6) is 17.2 Å². The van der Waals surface area contributed by atoms with Crippen LogP contribution < -0.4 is 0 Å². The first kappa shape index (κ1) is 14.5. The Labute approximate surface area is 123 Å². The van der Waals surface area contributed by atoms with Gasteiger partial charge in [-0.25, -0.2) is 0 Å². The van der Waals surface area contributed by atoms with Gasteiger partial charge in [0.1, 0.15) is 17.2 Å². The van der Waals surface area contributed by atoms with Crippen LogP contribution in [0.25, 0.3) is 11.1 Å². The standard InChI is InChI=1S/C12H10O.C6H6O2/c13-12-9-5-4-8-11(12)10-6-2-1-3-7-10;7-5-1-2-6(8)4-3-5/h1-9,13H;1-4,7-8H. The molecular weight excluding hydrogens is 264 g/mol. The molecule has 0 aliphatic carbocycles. The lowest BCUT2D eigenvalue weighted by Gasteiger charge is -2.02. The first-order valence-corrected chi connectivity index (χ1v) is 6.48. The Morgan fingerprint density at radius 1 is 0.476 bits per heavy atom. The van der Waals surface area contributed by atoms with Gasteiger partial charge in [0.2, 0.25) is 0 Å². The zero-order chi connectivity index (χ0) is 15.1. The topological polar surface area (TPSA) is 60.7 Å². The molecule has 0 aromatic heterocycles. The summed E-state index contributed by atoms with van der Waals surface area (Å²) >= 11 is 0. The Bertz CT molecular complexity index is 655. The summed E-state index contributed by atoms with van der Waals surface area (Å²) in [6.07, 6.45) is 0. The van der Waals surface area contributed by atoms with E-state index >= 15 is 0 Å². The van der Waals surface area contributed by atoms with Gasteiger partial charge in [-0.05, 0) is 35.9 Å². The molecule has 3 N–H and O–H groups in total. The fourth-order valence-electron chi connectivity index (χ4n) is 1.79. The van der Waals surface area contributed by atoms with Crippen molar-refractivity contribution in [3.8, 4) is 28.4 Å². The van der Waals surface area contributed by atoms with Crippen molar-refractivity contribution in [2.24, 2.45) is 0 Å². The van der Waals surface area contributed by atoms with Crippen LogP contribution in [-0.2, 0) is 0 Å². The molecule has 21 heavy (non-hydrogen) atoms. The molecule has 3 nitrogen and oxygen atoms in total. The van der Waals surface area contributed by atoms with E-state index in [0.29, 0.717) is 5.75 Å². The average molecular weight is 280 g/mol. The van der Waals surface area contributed by atoms with Crippen molar-refractivity contribution in [1.82, 2.24) is 0 Å². The minimum Gasteiger partial charge on any atom is -0.508 e. The van der Waals surface area contributed by atoms with Crippen molar-refractivity contribution in [1.29, 1.82) is 0 Å². The third-order valence-electron chi connectivity index (χ3n) is 2.84. The maximum atomic E-state index is 9.56. The molecule has 0 heterocycles. The van der Waals surface area contributed by atoms with Crippen LogP contribution in [0.15, 0.2) is 78.9 Å². The zero-order valence-electron chi connectivity index (χ0n) is 11.3. The fourth-order valence-corrected chi connectivity index (χ4v) is 1.79. The third-order valence-corrected chi connectivity index (χ3v) is 2.84. The van der Waals surface area contributed by atoms with Crippen molar-refractivity contribution < 1.29 is 15.3 Å². The third kappa shape index (κ3) is 4.28. The van der Waals surface area contributed by atoms with Crippen molar-refractivity contribution in [3.63, 3.8) is 0 Å². The highest BCUT2D eigenvalue weighted by Crippen LogP contribution is 2.27. The second-order valence-electron chi connectivity index (χ2n) is 4.40. The molecule has 0 saturated heterocycles. The van der Waals surface area contributed by atoms with E-state index in [9.17, 15) is 5.11 Å². The van der Waals surface area contributed by atoms with Gasteiger partial charge in [0.15, 0.2) is 0 Å². The van der Waals surface area contributed by atoms with Gasteiger partial charge in [0.25, 0.3) is 0 Å². The lowest BCUT2D eigenvalue weighted by atomic mass is 10.1. The Morgan fingerprint density at radius 2 is 0.952 bits per heavy atom. The monoisotopic (exact) mass is 280 g/mol. The minimum absolute atomic E-state index is 0.169. The highest BCUT2D eigenvalue weighted by Gasteiger charge is 2.00. The molecule has 0 fully saturated rings. The minimum atomic E-state index is 0.169. The van der Waals surface area contributed by atoms with E-state index in [1.807, 2.05) is 48.5 Å². The highest BCUT2D eigenvalue weighted by atomic mass is 16.3. The van der Waals surface area contributed by atoms with Crippen LogP contribution in [0.3, 0.4) is 0 Å². The molecule has 3 aromatic rings. The summed E-state index contributed by atoms with van der Waals surface area (Å²) < 4.78 is 0. The predicted molar refractivity (Wildman–Crippen MR) is 83.3 cm³/mol. The quantitative estimate of drug-likeness (QED) is 0.587. The molecule has 3 aromatic carbocycles. The molecule has 3 rings (SSSR count). The van der Waals surface area contributed by atoms with Crippen molar-refractivity contribution >= 4 is 0 Å². The van der Waals surface area contributed by atoms with Gasteiger partial charge in [-0.2, -0.15) is 0 Å². The fraction of sp³-hybridized carbons (Fsp3) is 0. The maximum absolute atomic E-state index is 9.56. The average Bonchev–Trinajstić information content (AvgIpc) is 2.52. The van der Waals surface area contributed by atoms with Gasteiger partial charge in [0.05, 0.1) is 0 Å². The molecule has 0 spiro atoms. The molecule has 0 bridgehead atoms. The summed E-state index contributed by atoms with van der Waals surface area (Å²) in [6, 6.07) is 22.9. The Morgan fingerprint density at radius 3 is 1.48 bits per heavy atom. The number of benzene rings is 3. The van der Waals surface area contributed by atoms with Crippen molar-refractivity contribution in [2.75, 3.05) is 0 Å². The number of aromatic hydroxyl groups is 3. The van der Waals surface area contributed by atoms with Gasteiger partial charge >= 0.3 is 0 Å². The number of rotatable bonds is 1. The summed E-state index contributed by atoms with van der Waals surface area (Å²) in [6.45, 7) is 0. The Balaban J connectivity index is 0.000000173. The molecular formula is C18H16O3. The van der Waals surface area contributed by atoms with Crippen LogP contribution >= 0.6 is 0 Å². The first-order valence-electron chi connectivity index (χ1n) is 6.48. The van der Waals surface area contributed by atoms with E-state index in [-0.39, 0.29) is 11.5 Å². The van der Waals surface area contributed by atoms with Gasteiger partial charge in [-0.15, -0.1) is 0 Å². The van der Waals surface area contributed by atoms with E-state index in [2.05, 4.69) is 0 Å². The summed E-state index contributed by atoms with van der Waals surface area (Å²) in [5, 5.41) is 26.9. The van der Waals surface area contributed by atoms with Crippen LogP contribution in [0.2, 0.25) is 0 Å². The number of phenolic OH excluding ortho intramolecular Hbond substituents is 3. The second kappa shape index (κ2) is 7.01. The van der Waals surface area contributed by atoms with Gasteiger partial charge < -0.3 is 15.3 Å². The van der Waals surface area contributed by atoms with E-state index in [1.165, 1.54) is 24.3 Å². The summed E-state index contributed by atoms with van der Waals surface area (Å²) in [5.74, 6) is 0.666. The summed E-state index contributed by atoms with van der Waals surface area (Å²) in [4.78, 5) is 0. The van der Waals surface area contributed by atoms with Gasteiger partial charge in [-0.3, -0.25) is 0 Å². The molecule has 0 amide bonds. The summed E-state index contributed by atoms with van der Waals surface area (Å²) in [5.41, 5.74) is 1.92. The molecule has 0 aliphatic rings. The number of hydrogen-bond donors (Lipinski definition) is 3. The number of phenols is 3. The van der Waals surface area contributed by atoms with E-state index < -0.39 is 0 Å². The van der Waals surface area contributed by atoms with Gasteiger partial charge in [0, 0.05) is 5.56 Å². The SMILES string of the molecule is Oc1ccc(O)cc1.Oc1ccccc1-c1ccccc1. The molecule has 0 unspecified atom stereocenters. The molecule has 0 aliphatic heterocycles. The lowest BCUT2D eigenvalue weighted by molar-refractivity contribution is 0.460. The molecule has 0 saturated carbocycles. The van der Waals surface area contributed by atoms with Crippen LogP contribution in [0.4, 0.5) is 0 Å². The zero-order valence-corrected chi connectivity index (χ0v) is 11.3. The van der Waals surface area contributed by atoms with Crippen LogP contribution in [0.1, 0.15) is 0 Å². The Hall–Kier alpha value is -2.94. The smallest absolute Gasteiger partial charge is 0.123 e. The van der Waals surface area contributed by atoms with Crippen molar-refractivity contribution in [3.05, 3.63) is 78.9 Å². The first-order chi connectivity index (χ1) is 10.2. The van der Waals surface area contributed by atoms with Crippen LogP contribution in [-0.4, -0.2) is 15.3 Å². The predicted octanol–water partition coefficient (Wildman–Crippen LogP) is 4.16. The molecule has 3 heteroatoms. The van der Waals surface area contributed by atoms with E-state index in [1.54, 1.807) is 6.07 Å². The molecule has 0 atom stereocenters. The number of hydrogen-bond acceptors (Lipinski definition) is 3. The Kier molecular flexibility index (Phi) is 4.83. The lowest BCUT2D eigenvalue weighted by Crippen LogP contribution is -1.76.